The van der Waals surface area contributed by atoms with Crippen molar-refractivity contribution in [2.24, 2.45) is 10.8 Å². The zero-order valence-corrected chi connectivity index (χ0v) is 15.9. The lowest BCUT2D eigenvalue weighted by Crippen LogP contribution is -2.40. The second kappa shape index (κ2) is 8.72. The van der Waals surface area contributed by atoms with E-state index in [1.54, 1.807) is 0 Å². The Bertz CT molecular complexity index is 1010. The zero-order valence-electron chi connectivity index (χ0n) is 15.9. The lowest BCUT2D eigenvalue weighted by Gasteiger charge is -2.20. The highest BCUT2D eigenvalue weighted by Crippen LogP contribution is 2.34. The quantitative estimate of drug-likeness (QED) is 0.601. The molecule has 0 radical (unpaired) electrons. The SMILES string of the molecule is NC(=O)C1CC(C(=O)NCC(O)c2ccccc2C(F)(F)F)=NN1c1ccc(F)cc1. The van der Waals surface area contributed by atoms with Gasteiger partial charge in [0, 0.05) is 13.0 Å². The van der Waals surface area contributed by atoms with Crippen molar-refractivity contribution in [1.29, 1.82) is 0 Å². The number of anilines is 1. The van der Waals surface area contributed by atoms with Crippen LogP contribution in [0.15, 0.2) is 53.6 Å². The van der Waals surface area contributed by atoms with Crippen molar-refractivity contribution in [1.82, 2.24) is 5.32 Å². The molecule has 1 aliphatic rings. The number of primary amides is 1. The number of hydrogen-bond donors (Lipinski definition) is 3. The van der Waals surface area contributed by atoms with E-state index in [1.807, 2.05) is 0 Å². The number of benzene rings is 2. The lowest BCUT2D eigenvalue weighted by molar-refractivity contribution is -0.139. The minimum Gasteiger partial charge on any atom is -0.387 e. The molecule has 2 unspecified atom stereocenters. The summed E-state index contributed by atoms with van der Waals surface area (Å²) in [7, 11) is 0. The Balaban J connectivity index is 1.73. The molecular formula is C20H18F4N4O3. The first-order valence-corrected chi connectivity index (χ1v) is 9.12. The average molecular weight is 438 g/mol. The van der Waals surface area contributed by atoms with Gasteiger partial charge < -0.3 is 16.2 Å². The molecular weight excluding hydrogens is 420 g/mol. The molecule has 1 heterocycles. The van der Waals surface area contributed by atoms with E-state index in [-0.39, 0.29) is 17.7 Å². The fourth-order valence-corrected chi connectivity index (χ4v) is 3.15. The maximum atomic E-state index is 13.1. The highest BCUT2D eigenvalue weighted by molar-refractivity contribution is 6.40. The van der Waals surface area contributed by atoms with Gasteiger partial charge in [0.05, 0.1) is 17.4 Å². The summed E-state index contributed by atoms with van der Waals surface area (Å²) >= 11 is 0. The van der Waals surface area contributed by atoms with Crippen LogP contribution in [0.4, 0.5) is 23.2 Å². The van der Waals surface area contributed by atoms with Gasteiger partial charge in [-0.1, -0.05) is 18.2 Å². The number of hydrogen-bond acceptors (Lipinski definition) is 5. The molecule has 7 nitrogen and oxygen atoms in total. The summed E-state index contributed by atoms with van der Waals surface area (Å²) < 4.78 is 52.5. The van der Waals surface area contributed by atoms with E-state index >= 15 is 0 Å². The van der Waals surface area contributed by atoms with Crippen LogP contribution in [0.25, 0.3) is 0 Å². The first kappa shape index (κ1) is 22.2. The molecule has 0 fully saturated rings. The number of hydrazone groups is 1. The summed E-state index contributed by atoms with van der Waals surface area (Å²) in [6, 6.07) is 8.49. The number of carbonyl (C=O) groups excluding carboxylic acids is 2. The minimum atomic E-state index is -4.67. The van der Waals surface area contributed by atoms with Gasteiger partial charge in [-0.25, -0.2) is 4.39 Å². The fraction of sp³-hybridized carbons (Fsp3) is 0.250. The summed E-state index contributed by atoms with van der Waals surface area (Å²) in [5, 5.41) is 17.7. The number of nitrogens with two attached hydrogens (primary N) is 1. The van der Waals surface area contributed by atoms with Gasteiger partial charge >= 0.3 is 6.18 Å². The van der Waals surface area contributed by atoms with Gasteiger partial charge in [0.25, 0.3) is 5.91 Å². The van der Waals surface area contributed by atoms with Crippen LogP contribution in [0.1, 0.15) is 23.7 Å². The van der Waals surface area contributed by atoms with Crippen LogP contribution >= 0.6 is 0 Å². The maximum absolute atomic E-state index is 13.1. The summed E-state index contributed by atoms with van der Waals surface area (Å²) in [4.78, 5) is 24.2. The minimum absolute atomic E-state index is 0.107. The first-order valence-electron chi connectivity index (χ1n) is 9.12. The van der Waals surface area contributed by atoms with Crippen molar-refractivity contribution < 1.29 is 32.3 Å². The standard InChI is InChI=1S/C20H18F4N4O3/c21-11-5-7-12(8-6-11)28-16(18(25)30)9-15(27-28)19(31)26-10-17(29)13-3-1-2-4-14(13)20(22,23)24/h1-8,16-17,29H,9-10H2,(H2,25,30)(H,26,31). The highest BCUT2D eigenvalue weighted by Gasteiger charge is 2.36. The van der Waals surface area contributed by atoms with Gasteiger partial charge in [-0.05, 0) is 35.9 Å². The van der Waals surface area contributed by atoms with Gasteiger partial charge in [-0.3, -0.25) is 14.6 Å². The van der Waals surface area contributed by atoms with Crippen LogP contribution < -0.4 is 16.1 Å². The van der Waals surface area contributed by atoms with Crippen molar-refractivity contribution in [2.45, 2.75) is 24.7 Å². The summed E-state index contributed by atoms with van der Waals surface area (Å²) in [5.74, 6) is -2.05. The van der Waals surface area contributed by atoms with Crippen LogP contribution in [-0.4, -0.2) is 35.2 Å². The second-order valence-corrected chi connectivity index (χ2v) is 6.80. The van der Waals surface area contributed by atoms with E-state index in [0.717, 1.165) is 24.3 Å². The molecule has 2 atom stereocenters. The van der Waals surface area contributed by atoms with E-state index < -0.39 is 48.1 Å². The molecule has 0 bridgehead atoms. The van der Waals surface area contributed by atoms with Gasteiger partial charge in [-0.2, -0.15) is 18.3 Å². The molecule has 0 saturated carbocycles. The monoisotopic (exact) mass is 438 g/mol. The fourth-order valence-electron chi connectivity index (χ4n) is 3.15. The first-order chi connectivity index (χ1) is 14.6. The normalized spacial score (nSPS) is 17.3. The summed E-state index contributed by atoms with van der Waals surface area (Å²) in [6.07, 6.45) is -6.45. The van der Waals surface area contributed by atoms with Gasteiger partial charge in [-0.15, -0.1) is 0 Å². The van der Waals surface area contributed by atoms with Gasteiger partial charge in [0.15, 0.2) is 0 Å². The third kappa shape index (κ3) is 5.00. The molecule has 0 saturated heterocycles. The molecule has 4 N–H and O–H groups in total. The molecule has 2 amide bonds. The third-order valence-corrected chi connectivity index (χ3v) is 4.67. The number of aliphatic hydroxyl groups is 1. The number of rotatable bonds is 6. The van der Waals surface area contributed by atoms with E-state index in [4.69, 9.17) is 5.73 Å². The molecule has 2 aromatic rings. The third-order valence-electron chi connectivity index (χ3n) is 4.67. The zero-order chi connectivity index (χ0) is 22.8. The van der Waals surface area contributed by atoms with E-state index in [1.165, 1.54) is 29.3 Å². The molecule has 0 spiro atoms. The van der Waals surface area contributed by atoms with Crippen molar-refractivity contribution in [3.63, 3.8) is 0 Å². The molecule has 3 rings (SSSR count). The highest BCUT2D eigenvalue weighted by atomic mass is 19.4. The van der Waals surface area contributed by atoms with Crippen LogP contribution in [-0.2, 0) is 15.8 Å². The predicted molar refractivity (Wildman–Crippen MR) is 103 cm³/mol. The lowest BCUT2D eigenvalue weighted by atomic mass is 10.0. The molecule has 0 aliphatic carbocycles. The van der Waals surface area contributed by atoms with Crippen molar-refractivity contribution in [2.75, 3.05) is 11.6 Å². The molecule has 1 aliphatic heterocycles. The van der Waals surface area contributed by atoms with Crippen molar-refractivity contribution >= 4 is 23.2 Å². The van der Waals surface area contributed by atoms with Gasteiger partial charge in [0.2, 0.25) is 5.91 Å². The largest absolute Gasteiger partial charge is 0.416 e. The molecule has 0 aromatic heterocycles. The number of alkyl halides is 3. The molecule has 31 heavy (non-hydrogen) atoms. The molecule has 164 valence electrons. The number of carbonyl (C=O) groups is 2. The number of halogens is 4. The maximum Gasteiger partial charge on any atom is 0.416 e. The summed E-state index contributed by atoms with van der Waals surface area (Å²) in [6.45, 7) is -0.511. The molecule has 2 aromatic carbocycles. The second-order valence-electron chi connectivity index (χ2n) is 6.80. The Hall–Kier alpha value is -3.47. The van der Waals surface area contributed by atoms with Crippen LogP contribution in [0, 0.1) is 5.82 Å². The Labute approximate surface area is 174 Å². The number of amides is 2. The smallest absolute Gasteiger partial charge is 0.387 e. The van der Waals surface area contributed by atoms with E-state index in [2.05, 4.69) is 10.4 Å². The van der Waals surface area contributed by atoms with E-state index in [0.29, 0.717) is 5.69 Å². The van der Waals surface area contributed by atoms with Gasteiger partial charge in [0.1, 0.15) is 17.6 Å². The number of nitrogens with zero attached hydrogens (tertiary/aromatic N) is 2. The molecule has 11 heteroatoms. The van der Waals surface area contributed by atoms with Crippen molar-refractivity contribution in [3.8, 4) is 0 Å². The van der Waals surface area contributed by atoms with Crippen LogP contribution in [0.5, 0.6) is 0 Å². The van der Waals surface area contributed by atoms with Crippen LogP contribution in [0.3, 0.4) is 0 Å². The Morgan fingerprint density at radius 1 is 1.19 bits per heavy atom. The summed E-state index contributed by atoms with van der Waals surface area (Å²) in [5.41, 5.74) is 4.20. The number of aliphatic hydroxyl groups excluding tert-OH is 1. The van der Waals surface area contributed by atoms with E-state index in [9.17, 15) is 32.3 Å². The Morgan fingerprint density at radius 3 is 2.45 bits per heavy atom. The Kier molecular flexibility index (Phi) is 6.25. The topological polar surface area (TPSA) is 108 Å². The predicted octanol–water partition coefficient (Wildman–Crippen LogP) is 2.11. The van der Waals surface area contributed by atoms with Crippen molar-refractivity contribution in [3.05, 3.63) is 65.5 Å². The average Bonchev–Trinajstić information content (AvgIpc) is 3.17. The van der Waals surface area contributed by atoms with Crippen LogP contribution in [0.2, 0.25) is 0 Å². The Morgan fingerprint density at radius 2 is 1.84 bits per heavy atom. The number of nitrogens with one attached hydrogen (secondary N) is 1.